The third-order valence-electron chi connectivity index (χ3n) is 4.93. The van der Waals surface area contributed by atoms with Gasteiger partial charge in [0.2, 0.25) is 5.91 Å². The van der Waals surface area contributed by atoms with Crippen LogP contribution >= 0.6 is 11.8 Å². The van der Waals surface area contributed by atoms with Crippen LogP contribution in [0.15, 0.2) is 42.6 Å². The van der Waals surface area contributed by atoms with Gasteiger partial charge < -0.3 is 15.0 Å². The number of hydrogen-bond acceptors (Lipinski definition) is 5. The molecule has 7 nitrogen and oxygen atoms in total. The lowest BCUT2D eigenvalue weighted by Crippen LogP contribution is -2.40. The number of nitrogens with zero attached hydrogens (tertiary/aromatic N) is 3. The Morgan fingerprint density at radius 1 is 1.25 bits per heavy atom. The highest BCUT2D eigenvalue weighted by Gasteiger charge is 2.27. The van der Waals surface area contributed by atoms with E-state index < -0.39 is 6.10 Å². The molecule has 0 bridgehead atoms. The first-order valence-corrected chi connectivity index (χ1v) is 10.7. The zero-order valence-electron chi connectivity index (χ0n) is 16.2. The number of nitrogens with one attached hydrogen (secondary N) is 1. The molecule has 28 heavy (non-hydrogen) atoms. The van der Waals surface area contributed by atoms with E-state index >= 15 is 0 Å². The van der Waals surface area contributed by atoms with Crippen molar-refractivity contribution >= 4 is 29.4 Å². The van der Waals surface area contributed by atoms with Crippen LogP contribution in [-0.4, -0.2) is 58.7 Å². The van der Waals surface area contributed by atoms with E-state index in [2.05, 4.69) is 10.4 Å². The molecule has 150 valence electrons. The van der Waals surface area contributed by atoms with Crippen LogP contribution < -0.4 is 5.32 Å². The van der Waals surface area contributed by atoms with Crippen molar-refractivity contribution in [3.63, 3.8) is 0 Å². The normalized spacial score (nSPS) is 16.0. The molecule has 1 fully saturated rings. The topological polar surface area (TPSA) is 76.5 Å². The quantitative estimate of drug-likeness (QED) is 0.771. The SMILES string of the molecule is CO[C@H](C(=O)Nc1ccnn1C1CCN(C(=O)CSC)CC1)c1ccccc1. The summed E-state index contributed by atoms with van der Waals surface area (Å²) in [5.74, 6) is 1.12. The summed E-state index contributed by atoms with van der Waals surface area (Å²) < 4.78 is 7.26. The van der Waals surface area contributed by atoms with Crippen LogP contribution in [-0.2, 0) is 14.3 Å². The Balaban J connectivity index is 1.64. The summed E-state index contributed by atoms with van der Waals surface area (Å²) in [5, 5.41) is 7.35. The monoisotopic (exact) mass is 402 g/mol. The molecule has 2 aromatic rings. The molecule has 0 radical (unpaired) electrons. The first-order valence-electron chi connectivity index (χ1n) is 9.33. The molecule has 8 heteroatoms. The maximum atomic E-state index is 12.8. The fourth-order valence-electron chi connectivity index (χ4n) is 3.49. The molecule has 3 rings (SSSR count). The van der Waals surface area contributed by atoms with Crippen molar-refractivity contribution in [3.05, 3.63) is 48.2 Å². The number of hydrogen-bond donors (Lipinski definition) is 1. The van der Waals surface area contributed by atoms with Crippen molar-refractivity contribution in [1.29, 1.82) is 0 Å². The van der Waals surface area contributed by atoms with Gasteiger partial charge in [-0.1, -0.05) is 30.3 Å². The van der Waals surface area contributed by atoms with Crippen molar-refractivity contribution in [2.75, 3.05) is 37.5 Å². The number of carbonyl (C=O) groups is 2. The molecule has 1 saturated heterocycles. The zero-order valence-corrected chi connectivity index (χ0v) is 17.0. The summed E-state index contributed by atoms with van der Waals surface area (Å²) >= 11 is 1.55. The molecule has 1 aliphatic rings. The number of amides is 2. The van der Waals surface area contributed by atoms with Crippen LogP contribution in [0.4, 0.5) is 5.82 Å². The average molecular weight is 403 g/mol. The van der Waals surface area contributed by atoms with Gasteiger partial charge in [0.25, 0.3) is 5.91 Å². The van der Waals surface area contributed by atoms with Crippen molar-refractivity contribution in [2.45, 2.75) is 25.0 Å². The number of aromatic nitrogens is 2. The lowest BCUT2D eigenvalue weighted by Gasteiger charge is -2.32. The van der Waals surface area contributed by atoms with Crippen molar-refractivity contribution in [3.8, 4) is 0 Å². The minimum absolute atomic E-state index is 0.154. The van der Waals surface area contributed by atoms with Gasteiger partial charge in [-0.3, -0.25) is 9.59 Å². The maximum absolute atomic E-state index is 12.8. The van der Waals surface area contributed by atoms with Crippen molar-refractivity contribution in [1.82, 2.24) is 14.7 Å². The highest BCUT2D eigenvalue weighted by Crippen LogP contribution is 2.27. The molecular weight excluding hydrogens is 376 g/mol. The van der Waals surface area contributed by atoms with E-state index in [0.717, 1.165) is 18.4 Å². The molecule has 1 aromatic carbocycles. The van der Waals surface area contributed by atoms with E-state index in [0.29, 0.717) is 24.7 Å². The van der Waals surface area contributed by atoms with Crippen LogP contribution in [0.25, 0.3) is 0 Å². The first kappa shape index (κ1) is 20.4. The summed E-state index contributed by atoms with van der Waals surface area (Å²) in [7, 11) is 1.52. The highest BCUT2D eigenvalue weighted by atomic mass is 32.2. The number of methoxy groups -OCH3 is 1. The summed E-state index contributed by atoms with van der Waals surface area (Å²) in [4.78, 5) is 26.7. The maximum Gasteiger partial charge on any atom is 0.259 e. The number of anilines is 1. The summed E-state index contributed by atoms with van der Waals surface area (Å²) in [6.07, 6.45) is 4.57. The van der Waals surface area contributed by atoms with Gasteiger partial charge in [-0.25, -0.2) is 4.68 Å². The standard InChI is InChI=1S/C20H26N4O3S/c1-27-19(15-6-4-3-5-7-15)20(26)22-17-8-11-21-24(17)16-9-12-23(13-10-16)18(25)14-28-2/h3-8,11,16,19H,9-10,12-14H2,1-2H3,(H,22,26)/t19-/m0/s1. The van der Waals surface area contributed by atoms with Gasteiger partial charge in [0.15, 0.2) is 6.10 Å². The van der Waals surface area contributed by atoms with E-state index in [9.17, 15) is 9.59 Å². The molecule has 1 N–H and O–H groups in total. The molecule has 0 spiro atoms. The fourth-order valence-corrected chi connectivity index (χ4v) is 3.92. The first-order chi connectivity index (χ1) is 13.6. The minimum atomic E-state index is -0.685. The van der Waals surface area contributed by atoms with Gasteiger partial charge >= 0.3 is 0 Å². The Morgan fingerprint density at radius 3 is 2.61 bits per heavy atom. The summed E-state index contributed by atoms with van der Waals surface area (Å²) in [6.45, 7) is 1.42. The molecule has 2 heterocycles. The molecular formula is C20H26N4O3S. The second-order valence-corrected chi connectivity index (χ2v) is 7.59. The molecule has 1 atom stereocenters. The number of likely N-dealkylation sites (tertiary alicyclic amines) is 1. The molecule has 1 aliphatic heterocycles. The van der Waals surface area contributed by atoms with Gasteiger partial charge in [-0.2, -0.15) is 16.9 Å². The fraction of sp³-hybridized carbons (Fsp3) is 0.450. The van der Waals surface area contributed by atoms with Crippen molar-refractivity contribution < 1.29 is 14.3 Å². The number of piperidine rings is 1. The van der Waals surface area contributed by atoms with E-state index in [-0.39, 0.29) is 17.9 Å². The highest BCUT2D eigenvalue weighted by molar-refractivity contribution is 7.99. The van der Waals surface area contributed by atoms with Crippen LogP contribution in [0.2, 0.25) is 0 Å². The van der Waals surface area contributed by atoms with Crippen LogP contribution in [0.5, 0.6) is 0 Å². The van der Waals surface area contributed by atoms with Gasteiger partial charge in [-0.15, -0.1) is 0 Å². The number of thioether (sulfide) groups is 1. The lowest BCUT2D eigenvalue weighted by atomic mass is 10.1. The Kier molecular flexibility index (Phi) is 7.11. The Hall–Kier alpha value is -2.32. The molecule has 0 saturated carbocycles. The van der Waals surface area contributed by atoms with Gasteiger partial charge in [0.05, 0.1) is 18.0 Å². The average Bonchev–Trinajstić information content (AvgIpc) is 3.17. The lowest BCUT2D eigenvalue weighted by molar-refractivity contribution is -0.129. The van der Waals surface area contributed by atoms with Crippen molar-refractivity contribution in [2.24, 2.45) is 0 Å². The van der Waals surface area contributed by atoms with Crippen LogP contribution in [0.1, 0.15) is 30.6 Å². The molecule has 1 aromatic heterocycles. The third-order valence-corrected chi connectivity index (χ3v) is 5.46. The zero-order chi connectivity index (χ0) is 19.9. The van der Waals surface area contributed by atoms with Gasteiger partial charge in [-0.05, 0) is 24.7 Å². The summed E-state index contributed by atoms with van der Waals surface area (Å²) in [6, 6.07) is 11.3. The smallest absolute Gasteiger partial charge is 0.259 e. The minimum Gasteiger partial charge on any atom is -0.367 e. The Bertz CT molecular complexity index is 788. The predicted octanol–water partition coefficient (Wildman–Crippen LogP) is 2.74. The van der Waals surface area contributed by atoms with E-state index in [1.165, 1.54) is 7.11 Å². The summed E-state index contributed by atoms with van der Waals surface area (Å²) in [5.41, 5.74) is 0.800. The molecule has 0 unspecified atom stereocenters. The van der Waals surface area contributed by atoms with Crippen LogP contribution in [0.3, 0.4) is 0 Å². The third kappa shape index (κ3) is 4.74. The van der Waals surface area contributed by atoms with E-state index in [1.807, 2.05) is 46.2 Å². The van der Waals surface area contributed by atoms with E-state index in [1.54, 1.807) is 24.0 Å². The second-order valence-electron chi connectivity index (χ2n) is 6.72. The van der Waals surface area contributed by atoms with Gasteiger partial charge in [0, 0.05) is 26.3 Å². The molecule has 0 aliphatic carbocycles. The Morgan fingerprint density at radius 2 is 1.96 bits per heavy atom. The predicted molar refractivity (Wildman–Crippen MR) is 110 cm³/mol. The number of ether oxygens (including phenoxy) is 1. The Labute approximate surface area is 169 Å². The van der Waals surface area contributed by atoms with Gasteiger partial charge in [0.1, 0.15) is 5.82 Å². The number of carbonyl (C=O) groups excluding carboxylic acids is 2. The van der Waals surface area contributed by atoms with Crippen LogP contribution in [0, 0.1) is 0 Å². The number of rotatable bonds is 7. The largest absolute Gasteiger partial charge is 0.367 e. The second kappa shape index (κ2) is 9.75. The molecule has 2 amide bonds. The van der Waals surface area contributed by atoms with E-state index in [4.69, 9.17) is 4.74 Å². The number of benzene rings is 1.